The first-order valence-electron chi connectivity index (χ1n) is 7.28. The molecule has 0 aliphatic rings. The number of hydrogen-bond donors (Lipinski definition) is 1. The molecule has 0 fully saturated rings. The molecule has 0 heterocycles. The van der Waals surface area contributed by atoms with Gasteiger partial charge in [-0.3, -0.25) is 0 Å². The summed E-state index contributed by atoms with van der Waals surface area (Å²) < 4.78 is 29.0. The van der Waals surface area contributed by atoms with Crippen molar-refractivity contribution in [3.8, 4) is 5.75 Å². The summed E-state index contributed by atoms with van der Waals surface area (Å²) in [4.78, 5) is 12.0. The van der Waals surface area contributed by atoms with Crippen molar-refractivity contribution in [1.29, 1.82) is 0 Å². The number of rotatable bonds is 6. The Balaban J connectivity index is 2.51. The number of benzene rings is 2. The van der Waals surface area contributed by atoms with Gasteiger partial charge in [-0.05, 0) is 36.8 Å². The summed E-state index contributed by atoms with van der Waals surface area (Å²) in [6, 6.07) is 10.2. The first-order chi connectivity index (χ1) is 11.6. The van der Waals surface area contributed by atoms with E-state index in [0.29, 0.717) is 10.6 Å². The maximum Gasteiger partial charge on any atom is 0.352 e. The van der Waals surface area contributed by atoms with Crippen LogP contribution in [0, 0.1) is 0 Å². The van der Waals surface area contributed by atoms with Gasteiger partial charge in [0.25, 0.3) is 0 Å². The first-order valence-corrected chi connectivity index (χ1v) is 9.93. The summed E-state index contributed by atoms with van der Waals surface area (Å²) >= 11 is 12.0. The molecule has 0 spiro atoms. The Morgan fingerprint density at radius 1 is 1.16 bits per heavy atom. The summed E-state index contributed by atoms with van der Waals surface area (Å²) in [6.45, 7) is 1.67. The zero-order valence-corrected chi connectivity index (χ0v) is 15.8. The van der Waals surface area contributed by atoms with Crippen molar-refractivity contribution in [1.82, 2.24) is 0 Å². The van der Waals surface area contributed by atoms with Gasteiger partial charge in [0.2, 0.25) is 5.60 Å². The second-order valence-electron chi connectivity index (χ2n) is 5.46. The number of carboxylic acids is 1. The van der Waals surface area contributed by atoms with Crippen molar-refractivity contribution in [3.05, 3.63) is 58.1 Å². The van der Waals surface area contributed by atoms with Gasteiger partial charge in [-0.25, -0.2) is 13.2 Å². The first kappa shape index (κ1) is 19.6. The number of carboxylic acid groups (broad SMARTS) is 1. The molecule has 5 nitrogen and oxygen atoms in total. The normalized spacial score (nSPS) is 13.9. The van der Waals surface area contributed by atoms with Crippen LogP contribution in [0.2, 0.25) is 10.0 Å². The number of halogens is 2. The van der Waals surface area contributed by atoms with Gasteiger partial charge in [0.05, 0.1) is 9.92 Å². The number of hydrogen-bond acceptors (Lipinski definition) is 4. The van der Waals surface area contributed by atoms with E-state index in [4.69, 9.17) is 27.9 Å². The topological polar surface area (TPSA) is 80.7 Å². The zero-order valence-electron chi connectivity index (χ0n) is 13.5. The molecule has 0 saturated heterocycles. The lowest BCUT2D eigenvalue weighted by atomic mass is 9.91. The Hall–Kier alpha value is -1.76. The Bertz CT molecular complexity index is 894. The predicted octanol–water partition coefficient (Wildman–Crippen LogP) is 4.17. The third kappa shape index (κ3) is 4.08. The number of aliphatic carboxylic acids is 1. The highest BCUT2D eigenvalue weighted by atomic mass is 35.5. The van der Waals surface area contributed by atoms with Gasteiger partial charge in [0, 0.05) is 16.8 Å². The van der Waals surface area contributed by atoms with E-state index in [2.05, 4.69) is 0 Å². The molecule has 0 bridgehead atoms. The Morgan fingerprint density at radius 2 is 1.76 bits per heavy atom. The van der Waals surface area contributed by atoms with Crippen LogP contribution >= 0.6 is 23.2 Å². The molecule has 0 aliphatic heterocycles. The van der Waals surface area contributed by atoms with E-state index < -0.39 is 21.4 Å². The second kappa shape index (κ2) is 7.23. The fourth-order valence-electron chi connectivity index (χ4n) is 2.36. The van der Waals surface area contributed by atoms with E-state index in [1.54, 1.807) is 31.2 Å². The minimum Gasteiger partial charge on any atom is -0.478 e. The van der Waals surface area contributed by atoms with Crippen molar-refractivity contribution in [2.45, 2.75) is 23.8 Å². The highest BCUT2D eigenvalue weighted by Crippen LogP contribution is 2.37. The molecule has 2 aromatic carbocycles. The molecule has 0 aliphatic carbocycles. The third-order valence-electron chi connectivity index (χ3n) is 3.77. The van der Waals surface area contributed by atoms with Gasteiger partial charge in [-0.15, -0.1) is 0 Å². The lowest BCUT2D eigenvalue weighted by molar-refractivity contribution is -0.156. The molecule has 8 heteroatoms. The van der Waals surface area contributed by atoms with Crippen LogP contribution < -0.4 is 4.74 Å². The SMILES string of the molecule is CCC(Oc1ccc(S(C)(=O)=O)cc1Cl)(C(=O)O)c1ccc(Cl)cc1. The summed E-state index contributed by atoms with van der Waals surface area (Å²) in [5.41, 5.74) is -1.28. The maximum atomic E-state index is 12.0. The predicted molar refractivity (Wildman–Crippen MR) is 96.2 cm³/mol. The van der Waals surface area contributed by atoms with Gasteiger partial charge < -0.3 is 9.84 Å². The molecule has 134 valence electrons. The minimum absolute atomic E-state index is 0.0102. The summed E-state index contributed by atoms with van der Waals surface area (Å²) in [5.74, 6) is -1.12. The average Bonchev–Trinajstić information content (AvgIpc) is 2.53. The van der Waals surface area contributed by atoms with Crippen LogP contribution in [0.5, 0.6) is 5.75 Å². The van der Waals surface area contributed by atoms with E-state index >= 15 is 0 Å². The standard InChI is InChI=1S/C17H16Cl2O5S/c1-3-17(16(20)21,11-4-6-12(18)7-5-11)24-15-9-8-13(10-14(15)19)25(2,22)23/h4-10H,3H2,1-2H3,(H,20,21). The molecule has 0 aromatic heterocycles. The van der Waals surface area contributed by atoms with E-state index in [0.717, 1.165) is 6.26 Å². The van der Waals surface area contributed by atoms with Crippen LogP contribution in [-0.2, 0) is 20.2 Å². The van der Waals surface area contributed by atoms with Gasteiger partial charge in [0.1, 0.15) is 5.75 Å². The largest absolute Gasteiger partial charge is 0.478 e. The van der Waals surface area contributed by atoms with Crippen molar-refractivity contribution in [2.75, 3.05) is 6.26 Å². The Labute approximate surface area is 156 Å². The average molecular weight is 403 g/mol. The Morgan fingerprint density at radius 3 is 2.20 bits per heavy atom. The molecule has 25 heavy (non-hydrogen) atoms. The van der Waals surface area contributed by atoms with E-state index in [-0.39, 0.29) is 22.1 Å². The van der Waals surface area contributed by atoms with E-state index in [1.807, 2.05) is 0 Å². The van der Waals surface area contributed by atoms with Crippen LogP contribution in [0.15, 0.2) is 47.4 Å². The maximum absolute atomic E-state index is 12.0. The molecular weight excluding hydrogens is 387 g/mol. The molecule has 0 saturated carbocycles. The highest BCUT2D eigenvalue weighted by Gasteiger charge is 2.42. The van der Waals surface area contributed by atoms with Crippen LogP contribution in [0.1, 0.15) is 18.9 Å². The lowest BCUT2D eigenvalue weighted by Gasteiger charge is -2.30. The molecule has 0 radical (unpaired) electrons. The summed E-state index contributed by atoms with van der Waals surface area (Å²) in [5, 5.41) is 10.3. The van der Waals surface area contributed by atoms with Crippen LogP contribution in [0.4, 0.5) is 0 Å². The zero-order chi connectivity index (χ0) is 18.8. The van der Waals surface area contributed by atoms with Crippen LogP contribution in [0.3, 0.4) is 0 Å². The van der Waals surface area contributed by atoms with E-state index in [9.17, 15) is 18.3 Å². The smallest absolute Gasteiger partial charge is 0.352 e. The molecular formula is C17H16Cl2O5S. The fraction of sp³-hybridized carbons (Fsp3) is 0.235. The monoisotopic (exact) mass is 402 g/mol. The third-order valence-corrected chi connectivity index (χ3v) is 5.43. The molecule has 0 amide bonds. The van der Waals surface area contributed by atoms with Gasteiger partial charge in [-0.2, -0.15) is 0 Å². The van der Waals surface area contributed by atoms with Gasteiger partial charge >= 0.3 is 5.97 Å². The highest BCUT2D eigenvalue weighted by molar-refractivity contribution is 7.90. The van der Waals surface area contributed by atoms with Crippen LogP contribution in [0.25, 0.3) is 0 Å². The van der Waals surface area contributed by atoms with E-state index in [1.165, 1.54) is 18.2 Å². The van der Waals surface area contributed by atoms with Gasteiger partial charge in [-0.1, -0.05) is 42.3 Å². The second-order valence-corrected chi connectivity index (χ2v) is 8.32. The molecule has 1 N–H and O–H groups in total. The molecule has 2 aromatic rings. The van der Waals surface area contributed by atoms with Crippen molar-refractivity contribution in [2.24, 2.45) is 0 Å². The molecule has 2 rings (SSSR count). The van der Waals surface area contributed by atoms with Crippen molar-refractivity contribution < 1.29 is 23.1 Å². The minimum atomic E-state index is -3.44. The molecule has 1 unspecified atom stereocenters. The number of carbonyl (C=O) groups is 1. The summed E-state index contributed by atoms with van der Waals surface area (Å²) in [7, 11) is -3.44. The van der Waals surface area contributed by atoms with Crippen molar-refractivity contribution >= 4 is 39.0 Å². The number of ether oxygens (including phenoxy) is 1. The fourth-order valence-corrected chi connectivity index (χ4v) is 3.41. The number of sulfone groups is 1. The lowest BCUT2D eigenvalue weighted by Crippen LogP contribution is -2.41. The quantitative estimate of drug-likeness (QED) is 0.783. The Kier molecular flexibility index (Phi) is 5.66. The summed E-state index contributed by atoms with van der Waals surface area (Å²) in [6.07, 6.45) is 1.18. The van der Waals surface area contributed by atoms with Crippen molar-refractivity contribution in [3.63, 3.8) is 0 Å². The van der Waals surface area contributed by atoms with Gasteiger partial charge in [0.15, 0.2) is 9.84 Å². The van der Waals surface area contributed by atoms with Crippen LogP contribution in [-0.4, -0.2) is 25.7 Å². The molecule has 1 atom stereocenters.